The van der Waals surface area contributed by atoms with Gasteiger partial charge in [0.25, 0.3) is 5.82 Å². The van der Waals surface area contributed by atoms with Crippen molar-refractivity contribution in [2.45, 2.75) is 38.0 Å². The molecule has 19 heavy (non-hydrogen) atoms. The second-order valence-electron chi connectivity index (χ2n) is 6.47. The van der Waals surface area contributed by atoms with Crippen molar-refractivity contribution in [3.05, 3.63) is 17.7 Å². The summed E-state index contributed by atoms with van der Waals surface area (Å²) in [6.07, 6.45) is 8.28. The molecule has 1 aromatic heterocycles. The second-order valence-corrected chi connectivity index (χ2v) is 6.47. The van der Waals surface area contributed by atoms with Gasteiger partial charge in [0.05, 0.1) is 11.9 Å². The maximum absolute atomic E-state index is 11.0. The molecule has 4 aliphatic rings. The fourth-order valence-corrected chi connectivity index (χ4v) is 4.98. The topological polar surface area (TPSA) is 76.0 Å². The number of rotatable bonds is 2. The molecule has 0 unspecified atom stereocenters. The Bertz CT molecular complexity index is 503. The van der Waals surface area contributed by atoms with Crippen LogP contribution in [0.2, 0.25) is 0 Å². The zero-order chi connectivity index (χ0) is 13.0. The van der Waals surface area contributed by atoms with Crippen LogP contribution in [-0.4, -0.2) is 26.3 Å². The van der Waals surface area contributed by atoms with E-state index in [9.17, 15) is 4.79 Å². The lowest BCUT2D eigenvalue weighted by atomic mass is 9.51. The second kappa shape index (κ2) is 3.99. The fraction of sp³-hybridized carbons (Fsp3) is 0.714. The van der Waals surface area contributed by atoms with Gasteiger partial charge in [-0.05, 0) is 55.8 Å². The highest BCUT2D eigenvalue weighted by molar-refractivity contribution is 5.82. The molecule has 5 heteroatoms. The minimum absolute atomic E-state index is 0.161. The number of carboxylic acids is 1. The predicted octanol–water partition coefficient (Wildman–Crippen LogP) is 2.11. The van der Waals surface area contributed by atoms with E-state index in [0.29, 0.717) is 17.8 Å². The number of aromatic nitrogens is 3. The number of hydrogen-bond acceptors (Lipinski definition) is 4. The van der Waals surface area contributed by atoms with Crippen molar-refractivity contribution in [1.82, 2.24) is 15.2 Å². The monoisotopic (exact) mass is 259 g/mol. The summed E-state index contributed by atoms with van der Waals surface area (Å²) in [6, 6.07) is 0. The van der Waals surface area contributed by atoms with Crippen molar-refractivity contribution >= 4 is 5.97 Å². The van der Waals surface area contributed by atoms with E-state index in [1.54, 1.807) is 6.20 Å². The van der Waals surface area contributed by atoms with E-state index in [4.69, 9.17) is 5.11 Å². The molecule has 0 radical (unpaired) electrons. The summed E-state index contributed by atoms with van der Waals surface area (Å²) in [5.41, 5.74) is 0.862. The summed E-state index contributed by atoms with van der Waals surface area (Å²) in [5, 5.41) is 16.4. The molecule has 1 aromatic rings. The quantitative estimate of drug-likeness (QED) is 0.880. The first kappa shape index (κ1) is 11.3. The molecular formula is C14H17N3O2. The molecular weight excluding hydrogens is 242 g/mol. The van der Waals surface area contributed by atoms with Gasteiger partial charge in [-0.25, -0.2) is 9.78 Å². The van der Waals surface area contributed by atoms with E-state index in [-0.39, 0.29) is 5.82 Å². The molecule has 1 N–H and O–H groups in total. The number of aromatic carboxylic acids is 1. The number of hydrogen-bond donors (Lipinski definition) is 1. The molecule has 4 saturated carbocycles. The summed E-state index contributed by atoms with van der Waals surface area (Å²) in [5.74, 6) is 2.37. The lowest BCUT2D eigenvalue weighted by Crippen LogP contribution is -2.44. The molecule has 100 valence electrons. The smallest absolute Gasteiger partial charge is 0.375 e. The third-order valence-corrected chi connectivity index (χ3v) is 5.34. The van der Waals surface area contributed by atoms with Gasteiger partial charge in [-0.2, -0.15) is 5.10 Å². The van der Waals surface area contributed by atoms with Crippen LogP contribution in [0.1, 0.15) is 54.3 Å². The lowest BCUT2D eigenvalue weighted by molar-refractivity contribution is -0.00447. The Balaban J connectivity index is 1.69. The highest BCUT2D eigenvalue weighted by Crippen LogP contribution is 2.59. The van der Waals surface area contributed by atoms with Gasteiger partial charge in [-0.1, -0.05) is 0 Å². The van der Waals surface area contributed by atoms with E-state index >= 15 is 0 Å². The molecule has 0 amide bonds. The molecule has 0 spiro atoms. The van der Waals surface area contributed by atoms with E-state index in [2.05, 4.69) is 15.2 Å². The first-order valence-electron chi connectivity index (χ1n) is 7.13. The van der Waals surface area contributed by atoms with Crippen molar-refractivity contribution in [2.75, 3.05) is 0 Å². The van der Waals surface area contributed by atoms with Crippen LogP contribution in [-0.2, 0) is 0 Å². The Morgan fingerprint density at radius 2 is 1.74 bits per heavy atom. The summed E-state index contributed by atoms with van der Waals surface area (Å²) < 4.78 is 0. The van der Waals surface area contributed by atoms with Gasteiger partial charge < -0.3 is 5.11 Å². The van der Waals surface area contributed by atoms with Gasteiger partial charge >= 0.3 is 5.97 Å². The van der Waals surface area contributed by atoms with Gasteiger partial charge in [-0.15, -0.1) is 5.10 Å². The number of nitrogens with zero attached hydrogens (tertiary/aromatic N) is 3. The maximum atomic E-state index is 11.0. The van der Waals surface area contributed by atoms with Crippen molar-refractivity contribution < 1.29 is 9.90 Å². The average Bonchev–Trinajstić information content (AvgIpc) is 2.37. The van der Waals surface area contributed by atoms with Gasteiger partial charge in [0.15, 0.2) is 0 Å². The fourth-order valence-electron chi connectivity index (χ4n) is 4.98. The highest BCUT2D eigenvalue weighted by atomic mass is 16.4. The maximum Gasteiger partial charge on any atom is 0.375 e. The van der Waals surface area contributed by atoms with E-state index in [1.165, 1.54) is 32.1 Å². The van der Waals surface area contributed by atoms with Gasteiger partial charge in [-0.3, -0.25) is 0 Å². The minimum Gasteiger partial charge on any atom is -0.475 e. The molecule has 0 aliphatic heterocycles. The van der Waals surface area contributed by atoms with E-state index in [0.717, 1.165) is 17.5 Å². The van der Waals surface area contributed by atoms with Crippen LogP contribution in [0.3, 0.4) is 0 Å². The van der Waals surface area contributed by atoms with Gasteiger partial charge in [0, 0.05) is 5.92 Å². The summed E-state index contributed by atoms with van der Waals surface area (Å²) in [6.45, 7) is 0. The third-order valence-electron chi connectivity index (χ3n) is 5.34. The van der Waals surface area contributed by atoms with Crippen LogP contribution >= 0.6 is 0 Å². The SMILES string of the molecule is O=C(O)c1nncc(C2C3CC4CC(C3)CC2C4)n1. The van der Waals surface area contributed by atoms with Crippen molar-refractivity contribution in [3.8, 4) is 0 Å². The average molecular weight is 259 g/mol. The third kappa shape index (κ3) is 1.75. The lowest BCUT2D eigenvalue weighted by Gasteiger charge is -2.54. The molecule has 0 aromatic carbocycles. The zero-order valence-electron chi connectivity index (χ0n) is 10.7. The molecule has 4 aliphatic carbocycles. The summed E-state index contributed by atoms with van der Waals surface area (Å²) >= 11 is 0. The van der Waals surface area contributed by atoms with Crippen molar-refractivity contribution in [2.24, 2.45) is 23.7 Å². The standard InChI is InChI=1S/C14H17N3O2/c18-14(19)13-16-11(6-15-17-13)12-9-2-7-1-8(4-9)5-10(12)3-7/h6-10,12H,1-5H2,(H,18,19). The van der Waals surface area contributed by atoms with Crippen LogP contribution in [0.4, 0.5) is 0 Å². The van der Waals surface area contributed by atoms with Crippen LogP contribution in [0.25, 0.3) is 0 Å². The molecule has 0 saturated heterocycles. The van der Waals surface area contributed by atoms with E-state index in [1.807, 2.05) is 0 Å². The Morgan fingerprint density at radius 1 is 1.11 bits per heavy atom. The molecule has 5 rings (SSSR count). The van der Waals surface area contributed by atoms with E-state index < -0.39 is 5.97 Å². The Hall–Kier alpha value is -1.52. The molecule has 0 atom stereocenters. The first-order chi connectivity index (χ1) is 9.20. The Labute approximate surface area is 111 Å². The number of carbonyl (C=O) groups is 1. The first-order valence-corrected chi connectivity index (χ1v) is 7.13. The molecule has 4 fully saturated rings. The molecule has 4 bridgehead atoms. The summed E-state index contributed by atoms with van der Waals surface area (Å²) in [7, 11) is 0. The largest absolute Gasteiger partial charge is 0.475 e. The van der Waals surface area contributed by atoms with Crippen LogP contribution in [0.5, 0.6) is 0 Å². The number of carboxylic acid groups (broad SMARTS) is 1. The molecule has 5 nitrogen and oxygen atoms in total. The van der Waals surface area contributed by atoms with Crippen LogP contribution in [0.15, 0.2) is 6.20 Å². The summed E-state index contributed by atoms with van der Waals surface area (Å²) in [4.78, 5) is 15.2. The normalized spacial score (nSPS) is 39.5. The Kier molecular flexibility index (Phi) is 2.37. The van der Waals surface area contributed by atoms with Gasteiger partial charge in [0.2, 0.25) is 0 Å². The zero-order valence-corrected chi connectivity index (χ0v) is 10.7. The van der Waals surface area contributed by atoms with Crippen molar-refractivity contribution in [1.29, 1.82) is 0 Å². The highest BCUT2D eigenvalue weighted by Gasteiger charge is 2.49. The minimum atomic E-state index is -1.09. The van der Waals surface area contributed by atoms with Crippen molar-refractivity contribution in [3.63, 3.8) is 0 Å². The van der Waals surface area contributed by atoms with Crippen LogP contribution < -0.4 is 0 Å². The van der Waals surface area contributed by atoms with Gasteiger partial charge in [0.1, 0.15) is 0 Å². The Morgan fingerprint density at radius 3 is 2.32 bits per heavy atom. The van der Waals surface area contributed by atoms with Crippen LogP contribution in [0, 0.1) is 23.7 Å². The predicted molar refractivity (Wildman–Crippen MR) is 66.6 cm³/mol. The molecule has 1 heterocycles.